The second kappa shape index (κ2) is 9.22. The van der Waals surface area contributed by atoms with Gasteiger partial charge in [-0.15, -0.1) is 0 Å². The predicted molar refractivity (Wildman–Crippen MR) is 116 cm³/mol. The molecular formula is C24H22FNO3S. The number of benzene rings is 3. The standard InChI is InChI=1S/C24H22FNO3S/c1-28-24(27)17-10-8-16(9-11-17)15-29-23-13-19-5-2-4-18(19)12-22(23)26-30-21-7-3-6-20(25)14-21/h3,6-14,26H,2,4-5,15H2,1H3. The topological polar surface area (TPSA) is 47.6 Å². The number of hydrogen-bond donors (Lipinski definition) is 1. The normalized spacial score (nSPS) is 12.3. The average Bonchev–Trinajstić information content (AvgIpc) is 3.23. The number of rotatable bonds is 7. The molecule has 0 bridgehead atoms. The van der Waals surface area contributed by atoms with Crippen LogP contribution in [0.15, 0.2) is 65.6 Å². The highest BCUT2D eigenvalue weighted by atomic mass is 32.2. The van der Waals surface area contributed by atoms with Crippen LogP contribution in [0.5, 0.6) is 5.75 Å². The lowest BCUT2D eigenvalue weighted by Crippen LogP contribution is -2.03. The zero-order chi connectivity index (χ0) is 20.9. The molecule has 154 valence electrons. The van der Waals surface area contributed by atoms with E-state index in [1.807, 2.05) is 18.2 Å². The Bertz CT molecular complexity index is 1050. The number of ether oxygens (including phenoxy) is 2. The summed E-state index contributed by atoms with van der Waals surface area (Å²) in [6.07, 6.45) is 3.25. The van der Waals surface area contributed by atoms with Crippen molar-refractivity contribution >= 4 is 23.6 Å². The molecule has 0 amide bonds. The molecular weight excluding hydrogens is 401 g/mol. The quantitative estimate of drug-likeness (QED) is 0.384. The number of hydrogen-bond acceptors (Lipinski definition) is 5. The number of carbonyl (C=O) groups is 1. The molecule has 0 aliphatic heterocycles. The lowest BCUT2D eigenvalue weighted by atomic mass is 10.1. The number of esters is 1. The van der Waals surface area contributed by atoms with Crippen molar-refractivity contribution in [3.05, 3.63) is 88.7 Å². The fraction of sp³-hybridized carbons (Fsp3) is 0.208. The lowest BCUT2D eigenvalue weighted by molar-refractivity contribution is 0.0600. The third kappa shape index (κ3) is 4.76. The summed E-state index contributed by atoms with van der Waals surface area (Å²) >= 11 is 1.36. The monoisotopic (exact) mass is 423 g/mol. The number of fused-ring (bicyclic) bond motifs is 1. The molecule has 3 aromatic rings. The van der Waals surface area contributed by atoms with Crippen LogP contribution in [-0.4, -0.2) is 13.1 Å². The molecule has 0 fully saturated rings. The van der Waals surface area contributed by atoms with Gasteiger partial charge < -0.3 is 14.2 Å². The van der Waals surface area contributed by atoms with Gasteiger partial charge in [0.15, 0.2) is 0 Å². The van der Waals surface area contributed by atoms with Crippen LogP contribution in [0.4, 0.5) is 10.1 Å². The number of carbonyl (C=O) groups excluding carboxylic acids is 1. The summed E-state index contributed by atoms with van der Waals surface area (Å²) in [5, 5.41) is 0. The summed E-state index contributed by atoms with van der Waals surface area (Å²) in [4.78, 5) is 12.4. The summed E-state index contributed by atoms with van der Waals surface area (Å²) < 4.78 is 27.6. The molecule has 0 spiro atoms. The highest BCUT2D eigenvalue weighted by Crippen LogP contribution is 2.36. The van der Waals surface area contributed by atoms with Crippen molar-refractivity contribution in [2.24, 2.45) is 0 Å². The van der Waals surface area contributed by atoms with Crippen molar-refractivity contribution in [2.75, 3.05) is 11.8 Å². The van der Waals surface area contributed by atoms with E-state index >= 15 is 0 Å². The SMILES string of the molecule is COC(=O)c1ccc(COc2cc3c(cc2NSc2cccc(F)c2)CCC3)cc1. The molecule has 4 nitrogen and oxygen atoms in total. The summed E-state index contributed by atoms with van der Waals surface area (Å²) in [6, 6.07) is 17.9. The van der Waals surface area contributed by atoms with Gasteiger partial charge in [0.25, 0.3) is 0 Å². The second-order valence-electron chi connectivity index (χ2n) is 7.11. The van der Waals surface area contributed by atoms with Crippen LogP contribution in [-0.2, 0) is 24.2 Å². The van der Waals surface area contributed by atoms with E-state index in [4.69, 9.17) is 9.47 Å². The minimum Gasteiger partial charge on any atom is -0.487 e. The molecule has 0 atom stereocenters. The Hall–Kier alpha value is -2.99. The highest BCUT2D eigenvalue weighted by molar-refractivity contribution is 8.00. The van der Waals surface area contributed by atoms with Gasteiger partial charge in [-0.05, 0) is 90.4 Å². The molecule has 0 aromatic heterocycles. The van der Waals surface area contributed by atoms with Crippen molar-refractivity contribution in [1.82, 2.24) is 0 Å². The van der Waals surface area contributed by atoms with Gasteiger partial charge in [-0.1, -0.05) is 18.2 Å². The first kappa shape index (κ1) is 20.3. The van der Waals surface area contributed by atoms with Crippen LogP contribution in [0.25, 0.3) is 0 Å². The Morgan fingerprint density at radius 3 is 2.57 bits per heavy atom. The van der Waals surface area contributed by atoms with Crippen molar-refractivity contribution in [2.45, 2.75) is 30.8 Å². The molecule has 4 rings (SSSR count). The Morgan fingerprint density at radius 1 is 1.07 bits per heavy atom. The Morgan fingerprint density at radius 2 is 1.83 bits per heavy atom. The number of aryl methyl sites for hydroxylation is 2. The van der Waals surface area contributed by atoms with Gasteiger partial charge in [0.2, 0.25) is 0 Å². The fourth-order valence-corrected chi connectivity index (χ4v) is 4.17. The number of halogens is 1. The second-order valence-corrected chi connectivity index (χ2v) is 7.99. The van der Waals surface area contributed by atoms with Gasteiger partial charge >= 0.3 is 5.97 Å². The molecule has 0 unspecified atom stereocenters. The number of nitrogens with one attached hydrogen (secondary N) is 1. The molecule has 0 heterocycles. The van der Waals surface area contributed by atoms with Gasteiger partial charge in [-0.2, -0.15) is 0 Å². The molecule has 1 aliphatic rings. The van der Waals surface area contributed by atoms with Gasteiger partial charge in [0, 0.05) is 4.90 Å². The summed E-state index contributed by atoms with van der Waals surface area (Å²) in [6.45, 7) is 0.375. The maximum absolute atomic E-state index is 13.5. The van der Waals surface area contributed by atoms with Crippen LogP contribution >= 0.6 is 11.9 Å². The highest BCUT2D eigenvalue weighted by Gasteiger charge is 2.16. The van der Waals surface area contributed by atoms with Gasteiger partial charge in [0.05, 0.1) is 18.4 Å². The van der Waals surface area contributed by atoms with E-state index in [2.05, 4.69) is 16.9 Å². The molecule has 1 N–H and O–H groups in total. The third-order valence-corrected chi connectivity index (χ3v) is 5.85. The van der Waals surface area contributed by atoms with Crippen LogP contribution in [0.1, 0.15) is 33.5 Å². The van der Waals surface area contributed by atoms with Crippen LogP contribution in [0.3, 0.4) is 0 Å². The number of anilines is 1. The van der Waals surface area contributed by atoms with Crippen LogP contribution in [0.2, 0.25) is 0 Å². The molecule has 0 saturated carbocycles. The van der Waals surface area contributed by atoms with E-state index in [1.165, 1.54) is 42.3 Å². The van der Waals surface area contributed by atoms with Gasteiger partial charge in [-0.25, -0.2) is 9.18 Å². The molecule has 3 aromatic carbocycles. The molecule has 6 heteroatoms. The minimum atomic E-state index is -0.359. The van der Waals surface area contributed by atoms with Gasteiger partial charge in [0.1, 0.15) is 18.2 Å². The first-order chi connectivity index (χ1) is 14.6. The molecule has 30 heavy (non-hydrogen) atoms. The van der Waals surface area contributed by atoms with E-state index < -0.39 is 0 Å². The Kier molecular flexibility index (Phi) is 6.23. The summed E-state index contributed by atoms with van der Waals surface area (Å²) in [7, 11) is 1.36. The largest absolute Gasteiger partial charge is 0.487 e. The van der Waals surface area contributed by atoms with Crippen molar-refractivity contribution in [3.63, 3.8) is 0 Å². The van der Waals surface area contributed by atoms with Crippen molar-refractivity contribution in [3.8, 4) is 5.75 Å². The average molecular weight is 424 g/mol. The van der Waals surface area contributed by atoms with E-state index in [0.29, 0.717) is 12.2 Å². The third-order valence-electron chi connectivity index (χ3n) is 5.04. The molecule has 0 radical (unpaired) electrons. The van der Waals surface area contributed by atoms with Crippen LogP contribution < -0.4 is 9.46 Å². The lowest BCUT2D eigenvalue weighted by Gasteiger charge is -2.15. The first-order valence-electron chi connectivity index (χ1n) is 9.76. The minimum absolute atomic E-state index is 0.261. The maximum Gasteiger partial charge on any atom is 0.337 e. The van der Waals surface area contributed by atoms with E-state index in [0.717, 1.165) is 41.2 Å². The Labute approximate surface area is 179 Å². The number of methoxy groups -OCH3 is 1. The smallest absolute Gasteiger partial charge is 0.337 e. The molecule has 0 saturated heterocycles. The molecule has 1 aliphatic carbocycles. The summed E-state index contributed by atoms with van der Waals surface area (Å²) in [5.74, 6) is 0.140. The van der Waals surface area contributed by atoms with Crippen molar-refractivity contribution < 1.29 is 18.7 Å². The maximum atomic E-state index is 13.5. The van der Waals surface area contributed by atoms with E-state index in [9.17, 15) is 9.18 Å². The fourth-order valence-electron chi connectivity index (χ4n) is 3.46. The summed E-state index contributed by atoms with van der Waals surface area (Å²) in [5.41, 5.74) is 4.97. The Balaban J connectivity index is 1.49. The first-order valence-corrected chi connectivity index (χ1v) is 10.6. The van der Waals surface area contributed by atoms with Crippen molar-refractivity contribution in [1.29, 1.82) is 0 Å². The zero-order valence-electron chi connectivity index (χ0n) is 16.6. The zero-order valence-corrected chi connectivity index (χ0v) is 17.4. The van der Waals surface area contributed by atoms with Crippen LogP contribution in [0, 0.1) is 5.82 Å². The van der Waals surface area contributed by atoms with E-state index in [1.54, 1.807) is 18.2 Å². The van der Waals surface area contributed by atoms with Gasteiger partial charge in [-0.3, -0.25) is 0 Å². The predicted octanol–water partition coefficient (Wildman–Crippen LogP) is 5.80. The van der Waals surface area contributed by atoms with E-state index in [-0.39, 0.29) is 11.8 Å².